The largest absolute Gasteiger partial charge is 0.465 e. The fraction of sp³-hybridized carbons (Fsp3) is 0.200. The van der Waals surface area contributed by atoms with Crippen molar-refractivity contribution in [2.24, 2.45) is 0 Å². The number of nitrogens with one attached hydrogen (secondary N) is 1. The number of ether oxygens (including phenoxy) is 1. The molecule has 2 aromatic rings. The van der Waals surface area contributed by atoms with Gasteiger partial charge in [-0.05, 0) is 43.7 Å². The summed E-state index contributed by atoms with van der Waals surface area (Å²) < 4.78 is 32.0. The number of carbonyl (C=O) groups excluding carboxylic acids is 1. The van der Waals surface area contributed by atoms with Crippen LogP contribution in [0, 0.1) is 13.8 Å². The molecule has 0 saturated carbocycles. The van der Waals surface area contributed by atoms with Crippen molar-refractivity contribution in [1.82, 2.24) is 4.98 Å². The first-order valence-electron chi connectivity index (χ1n) is 6.49. The monoisotopic (exact) mass is 320 g/mol. The Kier molecular flexibility index (Phi) is 4.46. The summed E-state index contributed by atoms with van der Waals surface area (Å²) in [6, 6.07) is 9.30. The SMILES string of the molecule is COC(=O)c1ccccc1S(=O)(=O)Nc1cc(C)cc(C)n1. The molecule has 22 heavy (non-hydrogen) atoms. The molecule has 2 rings (SSSR count). The minimum Gasteiger partial charge on any atom is -0.465 e. The molecule has 0 aliphatic heterocycles. The molecule has 0 saturated heterocycles. The van der Waals surface area contributed by atoms with Crippen LogP contribution in [-0.2, 0) is 14.8 Å². The molecule has 0 aliphatic rings. The fourth-order valence-corrected chi connectivity index (χ4v) is 3.25. The summed E-state index contributed by atoms with van der Waals surface area (Å²) in [4.78, 5) is 15.7. The van der Waals surface area contributed by atoms with Crippen molar-refractivity contribution in [3.05, 3.63) is 53.2 Å². The van der Waals surface area contributed by atoms with E-state index in [0.717, 1.165) is 5.56 Å². The van der Waals surface area contributed by atoms with Crippen LogP contribution in [0.3, 0.4) is 0 Å². The molecule has 0 spiro atoms. The topological polar surface area (TPSA) is 85.4 Å². The highest BCUT2D eigenvalue weighted by Gasteiger charge is 2.23. The molecule has 0 bridgehead atoms. The number of sulfonamides is 1. The van der Waals surface area contributed by atoms with Gasteiger partial charge in [0.05, 0.1) is 12.7 Å². The summed E-state index contributed by atoms with van der Waals surface area (Å²) in [5.74, 6) is -0.508. The lowest BCUT2D eigenvalue weighted by Crippen LogP contribution is -2.18. The Bertz CT molecular complexity index is 796. The van der Waals surface area contributed by atoms with Crippen LogP contribution in [0.4, 0.5) is 5.82 Å². The fourth-order valence-electron chi connectivity index (χ4n) is 2.07. The van der Waals surface area contributed by atoms with Crippen LogP contribution in [0.15, 0.2) is 41.3 Å². The third-order valence-electron chi connectivity index (χ3n) is 2.92. The van der Waals surface area contributed by atoms with Gasteiger partial charge in [-0.25, -0.2) is 18.2 Å². The molecule has 0 unspecified atom stereocenters. The van der Waals surface area contributed by atoms with Crippen molar-refractivity contribution in [3.63, 3.8) is 0 Å². The predicted molar refractivity (Wildman–Crippen MR) is 82.3 cm³/mol. The molecule has 1 aromatic heterocycles. The highest BCUT2D eigenvalue weighted by molar-refractivity contribution is 7.92. The summed E-state index contributed by atoms with van der Waals surface area (Å²) in [5, 5.41) is 0. The average molecular weight is 320 g/mol. The maximum atomic E-state index is 12.5. The number of hydrogen-bond acceptors (Lipinski definition) is 5. The van der Waals surface area contributed by atoms with Gasteiger partial charge in [0, 0.05) is 5.69 Å². The molecule has 0 aliphatic carbocycles. The van der Waals surface area contributed by atoms with Crippen molar-refractivity contribution in [1.29, 1.82) is 0 Å². The third-order valence-corrected chi connectivity index (χ3v) is 4.33. The summed E-state index contributed by atoms with van der Waals surface area (Å²) in [5.41, 5.74) is 1.55. The first-order valence-corrected chi connectivity index (χ1v) is 7.97. The van der Waals surface area contributed by atoms with E-state index in [-0.39, 0.29) is 16.3 Å². The van der Waals surface area contributed by atoms with Crippen LogP contribution in [0.1, 0.15) is 21.6 Å². The Morgan fingerprint density at radius 3 is 2.50 bits per heavy atom. The van der Waals surface area contributed by atoms with Gasteiger partial charge >= 0.3 is 5.97 Å². The van der Waals surface area contributed by atoms with Gasteiger partial charge in [0.15, 0.2) is 0 Å². The number of nitrogens with zero attached hydrogens (tertiary/aromatic N) is 1. The van der Waals surface area contributed by atoms with E-state index in [1.807, 2.05) is 13.0 Å². The number of esters is 1. The zero-order valence-corrected chi connectivity index (χ0v) is 13.3. The average Bonchev–Trinajstić information content (AvgIpc) is 2.44. The van der Waals surface area contributed by atoms with Gasteiger partial charge in [-0.1, -0.05) is 12.1 Å². The Morgan fingerprint density at radius 1 is 1.18 bits per heavy atom. The van der Waals surface area contributed by atoms with Crippen LogP contribution >= 0.6 is 0 Å². The molecule has 0 amide bonds. The van der Waals surface area contributed by atoms with E-state index in [2.05, 4.69) is 14.4 Å². The minimum atomic E-state index is -3.95. The summed E-state index contributed by atoms with van der Waals surface area (Å²) in [6.45, 7) is 3.61. The number of aromatic nitrogens is 1. The molecule has 0 atom stereocenters. The van der Waals surface area contributed by atoms with E-state index in [4.69, 9.17) is 0 Å². The number of anilines is 1. The summed E-state index contributed by atoms with van der Waals surface area (Å²) >= 11 is 0. The number of carbonyl (C=O) groups is 1. The van der Waals surface area contributed by atoms with Gasteiger partial charge in [0.25, 0.3) is 10.0 Å². The Morgan fingerprint density at radius 2 is 1.86 bits per heavy atom. The van der Waals surface area contributed by atoms with Crippen molar-refractivity contribution in [3.8, 4) is 0 Å². The van der Waals surface area contributed by atoms with Crippen molar-refractivity contribution in [2.45, 2.75) is 18.7 Å². The Hall–Kier alpha value is -2.41. The minimum absolute atomic E-state index is 0.0260. The van der Waals surface area contributed by atoms with E-state index in [1.165, 1.54) is 25.3 Å². The molecule has 0 fully saturated rings. The normalized spacial score (nSPS) is 11.0. The van der Waals surface area contributed by atoms with Gasteiger partial charge in [-0.2, -0.15) is 0 Å². The second-order valence-electron chi connectivity index (χ2n) is 4.76. The quantitative estimate of drug-likeness (QED) is 0.874. The molecule has 6 nitrogen and oxygen atoms in total. The smallest absolute Gasteiger partial charge is 0.339 e. The van der Waals surface area contributed by atoms with E-state index in [1.54, 1.807) is 19.1 Å². The molecule has 1 aromatic carbocycles. The van der Waals surface area contributed by atoms with Gasteiger partial charge < -0.3 is 4.74 Å². The zero-order valence-electron chi connectivity index (χ0n) is 12.5. The van der Waals surface area contributed by atoms with Crippen LogP contribution in [-0.4, -0.2) is 26.5 Å². The predicted octanol–water partition coefficient (Wildman–Crippen LogP) is 2.29. The summed E-state index contributed by atoms with van der Waals surface area (Å²) in [6.07, 6.45) is 0. The first kappa shape index (κ1) is 16.0. The maximum Gasteiger partial charge on any atom is 0.339 e. The van der Waals surface area contributed by atoms with E-state index >= 15 is 0 Å². The van der Waals surface area contributed by atoms with E-state index in [0.29, 0.717) is 5.69 Å². The van der Waals surface area contributed by atoms with Gasteiger partial charge in [-0.15, -0.1) is 0 Å². The third kappa shape index (κ3) is 3.43. The lowest BCUT2D eigenvalue weighted by Gasteiger charge is -2.11. The number of benzene rings is 1. The van der Waals surface area contributed by atoms with Crippen LogP contribution in [0.2, 0.25) is 0 Å². The van der Waals surface area contributed by atoms with Crippen molar-refractivity contribution < 1.29 is 17.9 Å². The maximum absolute atomic E-state index is 12.5. The molecular formula is C15H16N2O4S. The van der Waals surface area contributed by atoms with E-state index in [9.17, 15) is 13.2 Å². The highest BCUT2D eigenvalue weighted by atomic mass is 32.2. The highest BCUT2D eigenvalue weighted by Crippen LogP contribution is 2.20. The Labute approximate surface area is 129 Å². The first-order chi connectivity index (χ1) is 10.3. The molecule has 1 N–H and O–H groups in total. The lowest BCUT2D eigenvalue weighted by atomic mass is 10.2. The number of aryl methyl sites for hydroxylation is 2. The Balaban J connectivity index is 2.45. The molecule has 1 heterocycles. The summed E-state index contributed by atoms with van der Waals surface area (Å²) in [7, 11) is -2.75. The second kappa shape index (κ2) is 6.15. The molecule has 7 heteroatoms. The van der Waals surface area contributed by atoms with Crippen LogP contribution in [0.5, 0.6) is 0 Å². The van der Waals surface area contributed by atoms with Gasteiger partial charge in [0.2, 0.25) is 0 Å². The second-order valence-corrected chi connectivity index (χ2v) is 6.42. The van der Waals surface area contributed by atoms with Crippen molar-refractivity contribution >= 4 is 21.8 Å². The molecule has 116 valence electrons. The zero-order chi connectivity index (χ0) is 16.3. The molecule has 0 radical (unpaired) electrons. The van der Waals surface area contributed by atoms with Gasteiger partial charge in [-0.3, -0.25) is 4.72 Å². The van der Waals surface area contributed by atoms with Crippen LogP contribution in [0.25, 0.3) is 0 Å². The van der Waals surface area contributed by atoms with Gasteiger partial charge in [0.1, 0.15) is 10.7 Å². The number of pyridine rings is 1. The van der Waals surface area contributed by atoms with Crippen molar-refractivity contribution in [2.75, 3.05) is 11.8 Å². The van der Waals surface area contributed by atoms with E-state index < -0.39 is 16.0 Å². The van der Waals surface area contributed by atoms with Crippen LogP contribution < -0.4 is 4.72 Å². The standard InChI is InChI=1S/C15H16N2O4S/c1-10-8-11(2)16-14(9-10)17-22(19,20)13-7-5-4-6-12(13)15(18)21-3/h4-9H,1-3H3,(H,16,17). The number of methoxy groups -OCH3 is 1. The lowest BCUT2D eigenvalue weighted by molar-refractivity contribution is 0.0596. The molecular weight excluding hydrogens is 304 g/mol. The number of hydrogen-bond donors (Lipinski definition) is 1. The number of rotatable bonds is 4.